The zero-order valence-corrected chi connectivity index (χ0v) is 14.7. The van der Waals surface area contributed by atoms with E-state index in [-0.39, 0.29) is 11.9 Å². The van der Waals surface area contributed by atoms with Gasteiger partial charge in [-0.15, -0.1) is 0 Å². The van der Waals surface area contributed by atoms with Gasteiger partial charge in [0.1, 0.15) is 5.75 Å². The van der Waals surface area contributed by atoms with Gasteiger partial charge in [0, 0.05) is 12.2 Å². The standard InChI is InChI=1S/C20H26O5/c1-3-19(21)25-16-8-6-4-5-7-15-24-18-12-9-17(10-13-18)11-14-20(22)23-2/h3,9-14H,1,4-8,15-16H2,2H3/b14-11+. The molecule has 1 aromatic rings. The van der Waals surface area contributed by atoms with E-state index < -0.39 is 0 Å². The fourth-order valence-electron chi connectivity index (χ4n) is 2.06. The van der Waals surface area contributed by atoms with Gasteiger partial charge in [0.25, 0.3) is 0 Å². The molecule has 0 saturated carbocycles. The molecule has 5 nitrogen and oxygen atoms in total. The molecule has 1 rings (SSSR count). The predicted molar refractivity (Wildman–Crippen MR) is 97.2 cm³/mol. The Morgan fingerprint density at radius 1 is 0.960 bits per heavy atom. The van der Waals surface area contributed by atoms with Crippen molar-refractivity contribution in [2.45, 2.75) is 32.1 Å². The third kappa shape index (κ3) is 10.0. The summed E-state index contributed by atoms with van der Waals surface area (Å²) in [5.74, 6) is 0.0750. The Morgan fingerprint density at radius 2 is 1.60 bits per heavy atom. The highest BCUT2D eigenvalue weighted by Crippen LogP contribution is 2.14. The molecule has 0 aliphatic rings. The van der Waals surface area contributed by atoms with Crippen LogP contribution in [-0.2, 0) is 19.1 Å². The fraction of sp³-hybridized carbons (Fsp3) is 0.400. The number of esters is 2. The van der Waals surface area contributed by atoms with Crippen LogP contribution in [0.4, 0.5) is 0 Å². The van der Waals surface area contributed by atoms with Crippen molar-refractivity contribution in [2.75, 3.05) is 20.3 Å². The first kappa shape index (κ1) is 20.5. The van der Waals surface area contributed by atoms with E-state index in [0.29, 0.717) is 13.2 Å². The zero-order valence-electron chi connectivity index (χ0n) is 14.7. The summed E-state index contributed by atoms with van der Waals surface area (Å²) in [5, 5.41) is 0. The smallest absolute Gasteiger partial charge is 0.330 e. The van der Waals surface area contributed by atoms with E-state index in [4.69, 9.17) is 9.47 Å². The molecule has 0 fully saturated rings. The van der Waals surface area contributed by atoms with Crippen LogP contribution in [0.15, 0.2) is 43.0 Å². The molecule has 0 atom stereocenters. The van der Waals surface area contributed by atoms with Crippen molar-refractivity contribution in [3.8, 4) is 5.75 Å². The van der Waals surface area contributed by atoms with Gasteiger partial charge in [-0.3, -0.25) is 0 Å². The predicted octanol–water partition coefficient (Wildman–Crippen LogP) is 3.93. The van der Waals surface area contributed by atoms with Crippen LogP contribution in [0.5, 0.6) is 5.75 Å². The van der Waals surface area contributed by atoms with Crippen LogP contribution in [0, 0.1) is 0 Å². The van der Waals surface area contributed by atoms with Gasteiger partial charge in [0.15, 0.2) is 0 Å². The van der Waals surface area contributed by atoms with E-state index in [9.17, 15) is 9.59 Å². The molecule has 0 spiro atoms. The van der Waals surface area contributed by atoms with Crippen LogP contribution < -0.4 is 4.74 Å². The summed E-state index contributed by atoms with van der Waals surface area (Å²) in [6, 6.07) is 7.54. The fourth-order valence-corrected chi connectivity index (χ4v) is 2.06. The molecule has 0 amide bonds. The van der Waals surface area contributed by atoms with Gasteiger partial charge in [-0.05, 0) is 36.6 Å². The Morgan fingerprint density at radius 3 is 2.24 bits per heavy atom. The number of rotatable bonds is 12. The van der Waals surface area contributed by atoms with Crippen molar-refractivity contribution in [2.24, 2.45) is 0 Å². The third-order valence-electron chi connectivity index (χ3n) is 3.46. The molecule has 0 bridgehead atoms. The van der Waals surface area contributed by atoms with Crippen molar-refractivity contribution in [1.29, 1.82) is 0 Å². The van der Waals surface area contributed by atoms with Crippen LogP contribution in [0.3, 0.4) is 0 Å². The first-order valence-corrected chi connectivity index (χ1v) is 8.44. The number of hydrogen-bond donors (Lipinski definition) is 0. The van der Waals surface area contributed by atoms with E-state index >= 15 is 0 Å². The first-order chi connectivity index (χ1) is 12.2. The van der Waals surface area contributed by atoms with Gasteiger partial charge in [-0.1, -0.05) is 38.0 Å². The second-order valence-corrected chi connectivity index (χ2v) is 5.41. The molecule has 25 heavy (non-hydrogen) atoms. The van der Waals surface area contributed by atoms with E-state index in [2.05, 4.69) is 11.3 Å². The Kier molecular flexibility index (Phi) is 10.5. The van der Waals surface area contributed by atoms with Crippen LogP contribution in [0.2, 0.25) is 0 Å². The number of benzene rings is 1. The van der Waals surface area contributed by atoms with Crippen LogP contribution in [0.25, 0.3) is 6.08 Å². The average Bonchev–Trinajstić information content (AvgIpc) is 2.65. The molecule has 0 radical (unpaired) electrons. The minimum Gasteiger partial charge on any atom is -0.494 e. The number of ether oxygens (including phenoxy) is 3. The maximum Gasteiger partial charge on any atom is 0.330 e. The molecule has 1 aromatic carbocycles. The Balaban J connectivity index is 2.08. The highest BCUT2D eigenvalue weighted by atomic mass is 16.5. The van der Waals surface area contributed by atoms with Gasteiger partial charge in [-0.25, -0.2) is 9.59 Å². The normalized spacial score (nSPS) is 10.4. The Labute approximate surface area is 149 Å². The topological polar surface area (TPSA) is 61.8 Å². The number of methoxy groups -OCH3 is 1. The minimum atomic E-state index is -0.376. The SMILES string of the molecule is C=CC(=O)OCCCCCCCOc1ccc(/C=C/C(=O)OC)cc1. The highest BCUT2D eigenvalue weighted by Gasteiger charge is 1.97. The minimum absolute atomic E-state index is 0.361. The maximum absolute atomic E-state index is 11.0. The molecule has 0 unspecified atom stereocenters. The van der Waals surface area contributed by atoms with Crippen molar-refractivity contribution >= 4 is 18.0 Å². The maximum atomic E-state index is 11.0. The Hall–Kier alpha value is -2.56. The van der Waals surface area contributed by atoms with E-state index in [1.54, 1.807) is 6.08 Å². The van der Waals surface area contributed by atoms with Crippen molar-refractivity contribution < 1.29 is 23.8 Å². The van der Waals surface area contributed by atoms with E-state index in [1.165, 1.54) is 19.3 Å². The summed E-state index contributed by atoms with van der Waals surface area (Å²) in [6.45, 7) is 4.47. The molecule has 5 heteroatoms. The van der Waals surface area contributed by atoms with Crippen LogP contribution in [0.1, 0.15) is 37.7 Å². The summed E-state index contributed by atoms with van der Waals surface area (Å²) >= 11 is 0. The summed E-state index contributed by atoms with van der Waals surface area (Å²) in [6.07, 6.45) is 9.32. The lowest BCUT2D eigenvalue weighted by Crippen LogP contribution is -2.01. The average molecular weight is 346 g/mol. The van der Waals surface area contributed by atoms with Crippen molar-refractivity contribution in [3.05, 3.63) is 48.6 Å². The summed E-state index contributed by atoms with van der Waals surface area (Å²) in [4.78, 5) is 21.9. The summed E-state index contributed by atoms with van der Waals surface area (Å²) in [5.41, 5.74) is 0.912. The van der Waals surface area contributed by atoms with Crippen LogP contribution >= 0.6 is 0 Å². The lowest BCUT2D eigenvalue weighted by atomic mass is 10.1. The molecule has 0 aliphatic carbocycles. The number of hydrogen-bond acceptors (Lipinski definition) is 5. The molecule has 0 N–H and O–H groups in total. The number of unbranched alkanes of at least 4 members (excludes halogenated alkanes) is 4. The van der Waals surface area contributed by atoms with E-state index in [0.717, 1.165) is 43.4 Å². The quantitative estimate of drug-likeness (QED) is 0.326. The monoisotopic (exact) mass is 346 g/mol. The van der Waals surface area contributed by atoms with Gasteiger partial charge in [0.2, 0.25) is 0 Å². The molecular formula is C20H26O5. The van der Waals surface area contributed by atoms with Crippen molar-refractivity contribution in [3.63, 3.8) is 0 Å². The number of carbonyl (C=O) groups excluding carboxylic acids is 2. The second kappa shape index (κ2) is 12.8. The molecule has 136 valence electrons. The number of carbonyl (C=O) groups is 2. The molecular weight excluding hydrogens is 320 g/mol. The molecule has 0 aliphatic heterocycles. The Bertz CT molecular complexity index is 560. The van der Waals surface area contributed by atoms with E-state index in [1.807, 2.05) is 24.3 Å². The van der Waals surface area contributed by atoms with Gasteiger partial charge in [-0.2, -0.15) is 0 Å². The van der Waals surface area contributed by atoms with Gasteiger partial charge >= 0.3 is 11.9 Å². The van der Waals surface area contributed by atoms with Crippen molar-refractivity contribution in [1.82, 2.24) is 0 Å². The highest BCUT2D eigenvalue weighted by molar-refractivity contribution is 5.86. The summed E-state index contributed by atoms with van der Waals surface area (Å²) in [7, 11) is 1.35. The van der Waals surface area contributed by atoms with Gasteiger partial charge < -0.3 is 14.2 Å². The zero-order chi connectivity index (χ0) is 18.3. The lowest BCUT2D eigenvalue weighted by molar-refractivity contribution is -0.138. The largest absolute Gasteiger partial charge is 0.494 e. The molecule has 0 heterocycles. The molecule has 0 saturated heterocycles. The van der Waals surface area contributed by atoms with Crippen LogP contribution in [-0.4, -0.2) is 32.3 Å². The molecule has 0 aromatic heterocycles. The lowest BCUT2D eigenvalue weighted by Gasteiger charge is -2.06. The second-order valence-electron chi connectivity index (χ2n) is 5.41. The summed E-state index contributed by atoms with van der Waals surface area (Å²) < 4.78 is 15.1. The first-order valence-electron chi connectivity index (χ1n) is 8.44. The third-order valence-corrected chi connectivity index (χ3v) is 3.46. The van der Waals surface area contributed by atoms with Gasteiger partial charge in [0.05, 0.1) is 20.3 Å².